The molecule has 0 fully saturated rings. The van der Waals surface area contributed by atoms with E-state index < -0.39 is 0 Å². The van der Waals surface area contributed by atoms with Crippen LogP contribution >= 0.6 is 11.3 Å². The lowest BCUT2D eigenvalue weighted by atomic mass is 10.0. The first-order valence-electron chi connectivity index (χ1n) is 6.25. The van der Waals surface area contributed by atoms with Gasteiger partial charge in [-0.15, -0.1) is 11.3 Å². The van der Waals surface area contributed by atoms with Crippen molar-refractivity contribution in [2.24, 2.45) is 0 Å². The van der Waals surface area contributed by atoms with Crippen molar-refractivity contribution in [1.29, 1.82) is 0 Å². The Morgan fingerprint density at radius 1 is 1.17 bits per heavy atom. The smallest absolute Gasteiger partial charge is 0.137 e. The number of carbonyl (C=O) groups is 1. The molecule has 1 aromatic carbocycles. The largest absolute Gasteiger partial charge is 0.299 e. The molecule has 2 aromatic rings. The van der Waals surface area contributed by atoms with Gasteiger partial charge < -0.3 is 0 Å². The van der Waals surface area contributed by atoms with Gasteiger partial charge in [0.25, 0.3) is 0 Å². The van der Waals surface area contributed by atoms with Gasteiger partial charge in [-0.3, -0.25) is 4.79 Å². The summed E-state index contributed by atoms with van der Waals surface area (Å²) in [6.07, 6.45) is 2.08. The van der Waals surface area contributed by atoms with E-state index in [9.17, 15) is 4.79 Å². The topological polar surface area (TPSA) is 17.1 Å². The Kier molecular flexibility index (Phi) is 4.32. The van der Waals surface area contributed by atoms with Crippen LogP contribution in [-0.2, 0) is 17.6 Å². The fraction of sp³-hybridized carbons (Fsp3) is 0.312. The van der Waals surface area contributed by atoms with Gasteiger partial charge in [0.05, 0.1) is 0 Å². The third kappa shape index (κ3) is 3.54. The molecule has 18 heavy (non-hydrogen) atoms. The van der Waals surface area contributed by atoms with Gasteiger partial charge in [-0.05, 0) is 48.4 Å². The number of ketones is 1. The highest BCUT2D eigenvalue weighted by atomic mass is 32.1. The highest BCUT2D eigenvalue weighted by Crippen LogP contribution is 2.14. The van der Waals surface area contributed by atoms with Gasteiger partial charge in [0.15, 0.2) is 0 Å². The van der Waals surface area contributed by atoms with Gasteiger partial charge in [0, 0.05) is 17.7 Å². The van der Waals surface area contributed by atoms with E-state index in [0.717, 1.165) is 12.0 Å². The Labute approximate surface area is 112 Å². The van der Waals surface area contributed by atoms with Gasteiger partial charge in [-0.1, -0.05) is 24.3 Å². The highest BCUT2D eigenvalue weighted by Gasteiger charge is 2.05. The van der Waals surface area contributed by atoms with Crippen LogP contribution in [0.25, 0.3) is 0 Å². The third-order valence-electron chi connectivity index (χ3n) is 3.20. The highest BCUT2D eigenvalue weighted by molar-refractivity contribution is 7.09. The summed E-state index contributed by atoms with van der Waals surface area (Å²) in [5.41, 5.74) is 3.68. The van der Waals surface area contributed by atoms with Crippen molar-refractivity contribution in [3.05, 3.63) is 57.3 Å². The van der Waals surface area contributed by atoms with Gasteiger partial charge in [0.2, 0.25) is 0 Å². The van der Waals surface area contributed by atoms with E-state index in [1.54, 1.807) is 11.3 Å². The molecule has 94 valence electrons. The van der Waals surface area contributed by atoms with Crippen LogP contribution in [0.4, 0.5) is 0 Å². The van der Waals surface area contributed by atoms with E-state index in [1.807, 2.05) is 6.07 Å². The minimum Gasteiger partial charge on any atom is -0.299 e. The van der Waals surface area contributed by atoms with E-state index in [4.69, 9.17) is 0 Å². The van der Waals surface area contributed by atoms with E-state index in [0.29, 0.717) is 18.6 Å². The van der Waals surface area contributed by atoms with Gasteiger partial charge in [0.1, 0.15) is 5.78 Å². The molecule has 0 unspecified atom stereocenters. The number of rotatable bonds is 5. The first kappa shape index (κ1) is 13.0. The average molecular weight is 258 g/mol. The molecule has 0 bridgehead atoms. The van der Waals surface area contributed by atoms with Crippen LogP contribution in [0.15, 0.2) is 35.7 Å². The van der Waals surface area contributed by atoms with Crippen LogP contribution in [0.1, 0.15) is 28.0 Å². The van der Waals surface area contributed by atoms with Crippen LogP contribution in [0.5, 0.6) is 0 Å². The van der Waals surface area contributed by atoms with Crippen molar-refractivity contribution < 1.29 is 4.79 Å². The number of thiophene rings is 1. The van der Waals surface area contributed by atoms with E-state index in [1.165, 1.54) is 16.0 Å². The SMILES string of the molecule is Cc1ccc(CC(=O)CCc2cccs2)cc1C. The molecule has 0 aliphatic rings. The molecule has 0 aliphatic heterocycles. The summed E-state index contributed by atoms with van der Waals surface area (Å²) in [7, 11) is 0. The maximum Gasteiger partial charge on any atom is 0.137 e. The summed E-state index contributed by atoms with van der Waals surface area (Å²) in [5, 5.41) is 2.06. The summed E-state index contributed by atoms with van der Waals surface area (Å²) < 4.78 is 0. The Morgan fingerprint density at radius 3 is 2.67 bits per heavy atom. The van der Waals surface area contributed by atoms with Crippen LogP contribution in [0.2, 0.25) is 0 Å². The minimum absolute atomic E-state index is 0.326. The summed E-state index contributed by atoms with van der Waals surface area (Å²) in [6.45, 7) is 4.19. The van der Waals surface area contributed by atoms with Crippen molar-refractivity contribution in [3.63, 3.8) is 0 Å². The molecule has 0 saturated carbocycles. The molecule has 1 heterocycles. The van der Waals surface area contributed by atoms with Crippen molar-refractivity contribution in [2.45, 2.75) is 33.1 Å². The van der Waals surface area contributed by atoms with Crippen LogP contribution in [0, 0.1) is 13.8 Å². The summed E-state index contributed by atoms with van der Waals surface area (Å²) >= 11 is 1.72. The molecule has 0 radical (unpaired) electrons. The first-order chi connectivity index (χ1) is 8.65. The predicted molar refractivity (Wildman–Crippen MR) is 77.3 cm³/mol. The molecule has 0 N–H and O–H groups in total. The molecule has 0 atom stereocenters. The molecule has 2 heteroatoms. The van der Waals surface area contributed by atoms with E-state index in [2.05, 4.69) is 43.5 Å². The van der Waals surface area contributed by atoms with Gasteiger partial charge in [-0.25, -0.2) is 0 Å². The van der Waals surface area contributed by atoms with Crippen molar-refractivity contribution >= 4 is 17.1 Å². The molecule has 0 amide bonds. The molecule has 0 saturated heterocycles. The zero-order valence-corrected chi connectivity index (χ0v) is 11.7. The van der Waals surface area contributed by atoms with E-state index in [-0.39, 0.29) is 0 Å². The number of aryl methyl sites for hydroxylation is 3. The Balaban J connectivity index is 1.88. The summed E-state index contributed by atoms with van der Waals surface area (Å²) in [5.74, 6) is 0.326. The Morgan fingerprint density at radius 2 is 2.00 bits per heavy atom. The predicted octanol–water partition coefficient (Wildman–Crippen LogP) is 4.11. The molecule has 2 rings (SSSR count). The Hall–Kier alpha value is -1.41. The lowest BCUT2D eigenvalue weighted by molar-refractivity contribution is -0.118. The lowest BCUT2D eigenvalue weighted by Crippen LogP contribution is -2.04. The van der Waals surface area contributed by atoms with Crippen molar-refractivity contribution in [2.75, 3.05) is 0 Å². The van der Waals surface area contributed by atoms with Gasteiger partial charge in [-0.2, -0.15) is 0 Å². The number of carbonyl (C=O) groups excluding carboxylic acids is 1. The van der Waals surface area contributed by atoms with E-state index >= 15 is 0 Å². The number of benzene rings is 1. The normalized spacial score (nSPS) is 10.6. The van der Waals surface area contributed by atoms with Crippen molar-refractivity contribution in [3.8, 4) is 0 Å². The molecule has 1 nitrogen and oxygen atoms in total. The maximum absolute atomic E-state index is 11.9. The first-order valence-corrected chi connectivity index (χ1v) is 7.13. The number of hydrogen-bond acceptors (Lipinski definition) is 2. The van der Waals surface area contributed by atoms with Crippen LogP contribution in [-0.4, -0.2) is 5.78 Å². The molecule has 0 aliphatic carbocycles. The maximum atomic E-state index is 11.9. The quantitative estimate of drug-likeness (QED) is 0.788. The fourth-order valence-corrected chi connectivity index (χ4v) is 2.66. The average Bonchev–Trinajstić information content (AvgIpc) is 2.84. The lowest BCUT2D eigenvalue weighted by Gasteiger charge is -2.04. The molecular formula is C16H18OS. The second-order valence-electron chi connectivity index (χ2n) is 4.71. The van der Waals surface area contributed by atoms with Crippen molar-refractivity contribution in [1.82, 2.24) is 0 Å². The summed E-state index contributed by atoms with van der Waals surface area (Å²) in [4.78, 5) is 13.2. The molecule has 1 aromatic heterocycles. The van der Waals surface area contributed by atoms with Gasteiger partial charge >= 0.3 is 0 Å². The zero-order valence-electron chi connectivity index (χ0n) is 10.9. The molecule has 0 spiro atoms. The zero-order chi connectivity index (χ0) is 13.0. The third-order valence-corrected chi connectivity index (χ3v) is 4.14. The number of Topliss-reactive ketones (excluding diaryl/α,β-unsaturated/α-hetero) is 1. The summed E-state index contributed by atoms with van der Waals surface area (Å²) in [6, 6.07) is 10.4. The second-order valence-corrected chi connectivity index (χ2v) is 5.75. The Bertz CT molecular complexity index is 526. The standard InChI is InChI=1S/C16H18OS/c1-12-5-6-14(10-13(12)2)11-15(17)7-8-16-4-3-9-18-16/h3-6,9-10H,7-8,11H2,1-2H3. The fourth-order valence-electron chi connectivity index (χ4n) is 1.95. The van der Waals surface area contributed by atoms with Crippen LogP contribution in [0.3, 0.4) is 0 Å². The van der Waals surface area contributed by atoms with Crippen LogP contribution < -0.4 is 0 Å². The monoisotopic (exact) mass is 258 g/mol. The second kappa shape index (κ2) is 5.96. The minimum atomic E-state index is 0.326. The number of hydrogen-bond donors (Lipinski definition) is 0. The molecular weight excluding hydrogens is 240 g/mol.